The first kappa shape index (κ1) is 14.9. The molecule has 0 aliphatic heterocycles. The van der Waals surface area contributed by atoms with Crippen molar-refractivity contribution in [1.29, 1.82) is 0 Å². The molecule has 0 bridgehead atoms. The van der Waals surface area contributed by atoms with Crippen LogP contribution in [-0.4, -0.2) is 11.9 Å². The second kappa shape index (κ2) is 6.27. The highest BCUT2D eigenvalue weighted by atomic mass is 35.5. The molecule has 1 aromatic carbocycles. The van der Waals surface area contributed by atoms with Crippen LogP contribution in [0.3, 0.4) is 0 Å². The van der Waals surface area contributed by atoms with Crippen molar-refractivity contribution in [2.45, 2.75) is 32.6 Å². The van der Waals surface area contributed by atoms with Gasteiger partial charge in [0.2, 0.25) is 5.91 Å². The summed E-state index contributed by atoms with van der Waals surface area (Å²) < 4.78 is 0. The number of carboxylic acids is 1. The minimum Gasteiger partial charge on any atom is -0.550 e. The van der Waals surface area contributed by atoms with E-state index >= 15 is 0 Å². The van der Waals surface area contributed by atoms with Crippen molar-refractivity contribution < 1.29 is 14.7 Å². The summed E-state index contributed by atoms with van der Waals surface area (Å²) >= 11 is 5.91. The van der Waals surface area contributed by atoms with Crippen LogP contribution in [0.15, 0.2) is 18.2 Å². The Morgan fingerprint density at radius 3 is 2.55 bits per heavy atom. The summed E-state index contributed by atoms with van der Waals surface area (Å²) in [7, 11) is 0. The molecule has 0 unspecified atom stereocenters. The monoisotopic (exact) mass is 294 g/mol. The number of hydrogen-bond donors (Lipinski definition) is 1. The first-order valence-electron chi connectivity index (χ1n) is 6.77. The molecule has 1 amide bonds. The van der Waals surface area contributed by atoms with Gasteiger partial charge in [-0.15, -0.1) is 0 Å². The van der Waals surface area contributed by atoms with Gasteiger partial charge in [0, 0.05) is 28.5 Å². The SMILES string of the molecule is Cc1ccc(Cl)cc1NC(=O)[C@@H]1CCCC[C@@H]1C(=O)[O-]. The van der Waals surface area contributed by atoms with Crippen LogP contribution in [0.2, 0.25) is 5.02 Å². The zero-order valence-corrected chi connectivity index (χ0v) is 12.1. The molecular formula is C15H17ClNO3-. The summed E-state index contributed by atoms with van der Waals surface area (Å²) in [5, 5.41) is 14.5. The van der Waals surface area contributed by atoms with Crippen LogP contribution < -0.4 is 10.4 Å². The predicted octanol–water partition coefficient (Wildman–Crippen LogP) is 2.14. The van der Waals surface area contributed by atoms with E-state index in [0.29, 0.717) is 23.6 Å². The van der Waals surface area contributed by atoms with Crippen LogP contribution in [0.25, 0.3) is 0 Å². The minimum absolute atomic E-state index is 0.260. The Balaban J connectivity index is 2.14. The third-order valence-corrected chi connectivity index (χ3v) is 4.10. The molecule has 2 rings (SSSR count). The standard InChI is InChI=1S/C15H18ClNO3/c1-9-6-7-10(16)8-13(9)17-14(18)11-4-2-3-5-12(11)15(19)20/h6-8,11-12H,2-5H2,1H3,(H,17,18)(H,19,20)/p-1/t11-,12+/m1/s1. The molecule has 1 N–H and O–H groups in total. The van der Waals surface area contributed by atoms with Gasteiger partial charge < -0.3 is 15.2 Å². The number of hydrogen-bond acceptors (Lipinski definition) is 3. The van der Waals surface area contributed by atoms with E-state index in [4.69, 9.17) is 11.6 Å². The third-order valence-electron chi connectivity index (χ3n) is 3.86. The van der Waals surface area contributed by atoms with Crippen LogP contribution in [-0.2, 0) is 9.59 Å². The molecule has 1 aromatic rings. The molecule has 0 spiro atoms. The number of carbonyl (C=O) groups excluding carboxylic acids is 2. The highest BCUT2D eigenvalue weighted by molar-refractivity contribution is 6.31. The lowest BCUT2D eigenvalue weighted by atomic mass is 9.78. The summed E-state index contributed by atoms with van der Waals surface area (Å²) in [6.07, 6.45) is 2.80. The lowest BCUT2D eigenvalue weighted by Crippen LogP contribution is -2.42. The first-order valence-corrected chi connectivity index (χ1v) is 7.14. The van der Waals surface area contributed by atoms with Crippen molar-refractivity contribution in [2.75, 3.05) is 5.32 Å². The predicted molar refractivity (Wildman–Crippen MR) is 75.3 cm³/mol. The number of amides is 1. The summed E-state index contributed by atoms with van der Waals surface area (Å²) in [5.74, 6) is -2.60. The van der Waals surface area contributed by atoms with Crippen molar-refractivity contribution in [3.8, 4) is 0 Å². The van der Waals surface area contributed by atoms with Crippen LogP contribution in [0.1, 0.15) is 31.2 Å². The fourth-order valence-corrected chi connectivity index (χ4v) is 2.85. The number of aryl methyl sites for hydroxylation is 1. The molecule has 1 aliphatic rings. The normalized spacial score (nSPS) is 22.3. The van der Waals surface area contributed by atoms with Gasteiger partial charge in [-0.3, -0.25) is 4.79 Å². The van der Waals surface area contributed by atoms with Gasteiger partial charge in [0.05, 0.1) is 0 Å². The van der Waals surface area contributed by atoms with Crippen LogP contribution >= 0.6 is 11.6 Å². The molecule has 0 saturated heterocycles. The maximum absolute atomic E-state index is 12.3. The second-order valence-corrected chi connectivity index (χ2v) is 5.70. The van der Waals surface area contributed by atoms with Gasteiger partial charge in [-0.2, -0.15) is 0 Å². The fraction of sp³-hybridized carbons (Fsp3) is 0.467. The number of halogens is 1. The van der Waals surface area contributed by atoms with Crippen LogP contribution in [0.5, 0.6) is 0 Å². The lowest BCUT2D eigenvalue weighted by molar-refractivity contribution is -0.313. The molecule has 0 heterocycles. The van der Waals surface area contributed by atoms with Gasteiger partial charge >= 0.3 is 0 Å². The fourth-order valence-electron chi connectivity index (χ4n) is 2.68. The summed E-state index contributed by atoms with van der Waals surface area (Å²) in [6.45, 7) is 1.86. The minimum atomic E-state index is -1.13. The van der Waals surface area contributed by atoms with E-state index in [0.717, 1.165) is 18.4 Å². The number of carboxylic acid groups (broad SMARTS) is 1. The average molecular weight is 295 g/mol. The molecule has 108 valence electrons. The van der Waals surface area contributed by atoms with E-state index < -0.39 is 17.8 Å². The largest absolute Gasteiger partial charge is 0.550 e. The Labute approximate surface area is 123 Å². The summed E-state index contributed by atoms with van der Waals surface area (Å²) in [4.78, 5) is 23.4. The molecule has 1 aliphatic carbocycles. The topological polar surface area (TPSA) is 69.2 Å². The number of nitrogens with one attached hydrogen (secondary N) is 1. The van der Waals surface area contributed by atoms with Gasteiger partial charge in [-0.1, -0.05) is 30.5 Å². The first-order chi connectivity index (χ1) is 9.49. The van der Waals surface area contributed by atoms with E-state index in [1.807, 2.05) is 13.0 Å². The molecule has 1 fully saturated rings. The average Bonchev–Trinajstić information content (AvgIpc) is 2.42. The molecule has 4 nitrogen and oxygen atoms in total. The number of benzene rings is 1. The third kappa shape index (κ3) is 3.31. The Morgan fingerprint density at radius 2 is 1.90 bits per heavy atom. The highest BCUT2D eigenvalue weighted by Gasteiger charge is 2.31. The van der Waals surface area contributed by atoms with Crippen LogP contribution in [0.4, 0.5) is 5.69 Å². The lowest BCUT2D eigenvalue weighted by Gasteiger charge is -2.31. The number of carbonyl (C=O) groups is 2. The van der Waals surface area contributed by atoms with E-state index in [1.165, 1.54) is 0 Å². The zero-order chi connectivity index (χ0) is 14.7. The smallest absolute Gasteiger partial charge is 0.228 e. The highest BCUT2D eigenvalue weighted by Crippen LogP contribution is 2.31. The number of rotatable bonds is 3. The summed E-state index contributed by atoms with van der Waals surface area (Å²) in [5.41, 5.74) is 1.52. The van der Waals surface area contributed by atoms with Crippen LogP contribution in [0, 0.1) is 18.8 Å². The van der Waals surface area contributed by atoms with E-state index in [1.54, 1.807) is 12.1 Å². The van der Waals surface area contributed by atoms with Gasteiger partial charge in [0.25, 0.3) is 0 Å². The Bertz CT molecular complexity index is 530. The van der Waals surface area contributed by atoms with Gasteiger partial charge in [-0.05, 0) is 37.5 Å². The van der Waals surface area contributed by atoms with E-state index in [2.05, 4.69) is 5.32 Å². The quantitative estimate of drug-likeness (QED) is 0.928. The van der Waals surface area contributed by atoms with Crippen molar-refractivity contribution in [3.05, 3.63) is 28.8 Å². The van der Waals surface area contributed by atoms with E-state index in [9.17, 15) is 14.7 Å². The molecular weight excluding hydrogens is 278 g/mol. The molecule has 5 heteroatoms. The zero-order valence-electron chi connectivity index (χ0n) is 11.3. The number of aliphatic carboxylic acids is 1. The molecule has 2 atom stereocenters. The maximum atomic E-state index is 12.3. The van der Waals surface area contributed by atoms with Gasteiger partial charge in [-0.25, -0.2) is 0 Å². The Kier molecular flexibility index (Phi) is 4.65. The Morgan fingerprint density at radius 1 is 1.25 bits per heavy atom. The molecule has 1 saturated carbocycles. The Hall–Kier alpha value is -1.55. The van der Waals surface area contributed by atoms with Crippen molar-refractivity contribution in [2.24, 2.45) is 11.8 Å². The van der Waals surface area contributed by atoms with Crippen molar-refractivity contribution in [3.63, 3.8) is 0 Å². The maximum Gasteiger partial charge on any atom is 0.228 e. The molecule has 0 aromatic heterocycles. The van der Waals surface area contributed by atoms with E-state index in [-0.39, 0.29) is 5.91 Å². The second-order valence-electron chi connectivity index (χ2n) is 5.26. The molecule has 0 radical (unpaired) electrons. The van der Waals surface area contributed by atoms with Crippen molar-refractivity contribution in [1.82, 2.24) is 0 Å². The number of anilines is 1. The van der Waals surface area contributed by atoms with Crippen molar-refractivity contribution >= 4 is 29.2 Å². The molecule has 20 heavy (non-hydrogen) atoms. The van der Waals surface area contributed by atoms with Gasteiger partial charge in [0.15, 0.2) is 0 Å². The summed E-state index contributed by atoms with van der Waals surface area (Å²) in [6, 6.07) is 5.23. The van der Waals surface area contributed by atoms with Gasteiger partial charge in [0.1, 0.15) is 0 Å².